The summed E-state index contributed by atoms with van der Waals surface area (Å²) in [5.41, 5.74) is 1.78. The molecule has 2 aliphatic heterocycles. The van der Waals surface area contributed by atoms with E-state index in [4.69, 9.17) is 9.47 Å². The van der Waals surface area contributed by atoms with Crippen LogP contribution < -0.4 is 9.47 Å². The van der Waals surface area contributed by atoms with Crippen LogP contribution in [0.5, 0.6) is 11.5 Å². The van der Waals surface area contributed by atoms with Crippen LogP contribution in [0.1, 0.15) is 34.9 Å². The molecular weight excluding hydrogens is 292 g/mol. The lowest BCUT2D eigenvalue weighted by molar-refractivity contribution is 0.0721. The number of amides is 1. The predicted molar refractivity (Wildman–Crippen MR) is 85.9 cm³/mol. The quantitative estimate of drug-likeness (QED) is 0.856. The Balaban J connectivity index is 1.69. The molecule has 1 aromatic heterocycles. The van der Waals surface area contributed by atoms with Crippen molar-refractivity contribution < 1.29 is 14.3 Å². The SMILES string of the molecule is Cn1cccc1C(=O)N1CCCC1c1cccc2c1OCCO2. The number of hydrogen-bond acceptors (Lipinski definition) is 3. The highest BCUT2D eigenvalue weighted by molar-refractivity contribution is 5.93. The summed E-state index contributed by atoms with van der Waals surface area (Å²) in [6.45, 7) is 1.91. The Kier molecular flexibility index (Phi) is 3.48. The first-order valence-electron chi connectivity index (χ1n) is 8.06. The van der Waals surface area contributed by atoms with Crippen LogP contribution in [0, 0.1) is 0 Å². The molecule has 2 aliphatic rings. The predicted octanol–water partition coefficient (Wildman–Crippen LogP) is 2.77. The zero-order chi connectivity index (χ0) is 15.8. The molecule has 2 aromatic rings. The van der Waals surface area contributed by atoms with Crippen LogP contribution in [0.4, 0.5) is 0 Å². The summed E-state index contributed by atoms with van der Waals surface area (Å²) in [7, 11) is 1.90. The average molecular weight is 312 g/mol. The van der Waals surface area contributed by atoms with Crippen molar-refractivity contribution in [3.8, 4) is 11.5 Å². The third-order valence-electron chi connectivity index (χ3n) is 4.63. The van der Waals surface area contributed by atoms with Gasteiger partial charge in [-0.25, -0.2) is 0 Å². The Labute approximate surface area is 135 Å². The van der Waals surface area contributed by atoms with E-state index in [9.17, 15) is 4.79 Å². The molecule has 5 nitrogen and oxygen atoms in total. The van der Waals surface area contributed by atoms with Gasteiger partial charge in [-0.05, 0) is 31.0 Å². The van der Waals surface area contributed by atoms with Gasteiger partial charge in [0.1, 0.15) is 18.9 Å². The Morgan fingerprint density at radius 1 is 1.17 bits per heavy atom. The summed E-state index contributed by atoms with van der Waals surface area (Å²) in [5, 5.41) is 0. The Morgan fingerprint density at radius 3 is 2.87 bits per heavy atom. The second-order valence-corrected chi connectivity index (χ2v) is 6.03. The monoisotopic (exact) mass is 312 g/mol. The normalized spacial score (nSPS) is 19.9. The smallest absolute Gasteiger partial charge is 0.270 e. The second kappa shape index (κ2) is 5.65. The molecule has 1 atom stereocenters. The van der Waals surface area contributed by atoms with E-state index >= 15 is 0 Å². The lowest BCUT2D eigenvalue weighted by atomic mass is 10.0. The highest BCUT2D eigenvalue weighted by Gasteiger charge is 2.34. The summed E-state index contributed by atoms with van der Waals surface area (Å²) < 4.78 is 13.4. The van der Waals surface area contributed by atoms with Crippen molar-refractivity contribution in [1.82, 2.24) is 9.47 Å². The van der Waals surface area contributed by atoms with Crippen LogP contribution in [0.25, 0.3) is 0 Å². The maximum Gasteiger partial charge on any atom is 0.270 e. The summed E-state index contributed by atoms with van der Waals surface area (Å²) >= 11 is 0. The molecule has 0 aliphatic carbocycles. The molecule has 0 bridgehead atoms. The van der Waals surface area contributed by atoms with Crippen LogP contribution in [0.15, 0.2) is 36.5 Å². The van der Waals surface area contributed by atoms with Crippen molar-refractivity contribution in [2.45, 2.75) is 18.9 Å². The number of ether oxygens (including phenoxy) is 2. The molecule has 5 heteroatoms. The maximum absolute atomic E-state index is 12.9. The molecule has 120 valence electrons. The number of benzene rings is 1. The Hall–Kier alpha value is -2.43. The number of aromatic nitrogens is 1. The first-order valence-corrected chi connectivity index (χ1v) is 8.06. The molecule has 23 heavy (non-hydrogen) atoms. The molecule has 1 aromatic carbocycles. The molecule has 1 saturated heterocycles. The molecule has 1 unspecified atom stereocenters. The number of carbonyl (C=O) groups excluding carboxylic acids is 1. The zero-order valence-electron chi connectivity index (χ0n) is 13.2. The lowest BCUT2D eigenvalue weighted by Gasteiger charge is -2.29. The van der Waals surface area contributed by atoms with E-state index in [-0.39, 0.29) is 11.9 Å². The second-order valence-electron chi connectivity index (χ2n) is 6.03. The van der Waals surface area contributed by atoms with Gasteiger partial charge in [-0.1, -0.05) is 12.1 Å². The first kappa shape index (κ1) is 14.2. The largest absolute Gasteiger partial charge is 0.486 e. The van der Waals surface area contributed by atoms with Gasteiger partial charge in [0.05, 0.1) is 6.04 Å². The number of hydrogen-bond donors (Lipinski definition) is 0. The van der Waals surface area contributed by atoms with Gasteiger partial charge in [0, 0.05) is 25.4 Å². The van der Waals surface area contributed by atoms with E-state index in [0.717, 1.165) is 42.1 Å². The zero-order valence-corrected chi connectivity index (χ0v) is 13.2. The number of carbonyl (C=O) groups is 1. The van der Waals surface area contributed by atoms with Gasteiger partial charge >= 0.3 is 0 Å². The van der Waals surface area contributed by atoms with Gasteiger partial charge in [0.15, 0.2) is 11.5 Å². The van der Waals surface area contributed by atoms with E-state index in [2.05, 4.69) is 6.07 Å². The molecule has 0 saturated carbocycles. The van der Waals surface area contributed by atoms with Crippen LogP contribution in [0.2, 0.25) is 0 Å². The molecule has 0 N–H and O–H groups in total. The average Bonchev–Trinajstić information content (AvgIpc) is 3.22. The fraction of sp³-hybridized carbons (Fsp3) is 0.389. The molecule has 0 spiro atoms. The van der Waals surface area contributed by atoms with E-state index in [1.165, 1.54) is 0 Å². The van der Waals surface area contributed by atoms with Crippen molar-refractivity contribution in [2.24, 2.45) is 7.05 Å². The topological polar surface area (TPSA) is 43.7 Å². The summed E-state index contributed by atoms with van der Waals surface area (Å²) in [6, 6.07) is 9.78. The fourth-order valence-electron chi connectivity index (χ4n) is 3.52. The van der Waals surface area contributed by atoms with Crippen LogP contribution >= 0.6 is 0 Å². The van der Waals surface area contributed by atoms with Crippen LogP contribution in [-0.2, 0) is 7.05 Å². The number of likely N-dealkylation sites (tertiary alicyclic amines) is 1. The number of rotatable bonds is 2. The number of fused-ring (bicyclic) bond motifs is 1. The minimum Gasteiger partial charge on any atom is -0.486 e. The molecular formula is C18H20N2O3. The third-order valence-corrected chi connectivity index (χ3v) is 4.63. The molecule has 1 amide bonds. The van der Waals surface area contributed by atoms with E-state index in [1.54, 1.807) is 0 Å². The van der Waals surface area contributed by atoms with Gasteiger partial charge in [-0.2, -0.15) is 0 Å². The highest BCUT2D eigenvalue weighted by Crippen LogP contribution is 2.43. The summed E-state index contributed by atoms with van der Waals surface area (Å²) in [4.78, 5) is 14.9. The van der Waals surface area contributed by atoms with Crippen LogP contribution in [-0.4, -0.2) is 35.1 Å². The first-order chi connectivity index (χ1) is 11.3. The molecule has 4 rings (SSSR count). The van der Waals surface area contributed by atoms with Crippen LogP contribution in [0.3, 0.4) is 0 Å². The number of para-hydroxylation sites is 1. The summed E-state index contributed by atoms with van der Waals surface area (Å²) in [6.07, 6.45) is 3.86. The molecule has 3 heterocycles. The minimum atomic E-state index is 0.0500. The van der Waals surface area contributed by atoms with Gasteiger partial charge in [0.2, 0.25) is 0 Å². The Bertz CT molecular complexity index is 738. The molecule has 1 fully saturated rings. The molecule has 0 radical (unpaired) electrons. The van der Waals surface area contributed by atoms with Crippen molar-refractivity contribution in [3.63, 3.8) is 0 Å². The highest BCUT2D eigenvalue weighted by atomic mass is 16.6. The minimum absolute atomic E-state index is 0.0500. The van der Waals surface area contributed by atoms with E-state index in [0.29, 0.717) is 13.2 Å². The van der Waals surface area contributed by atoms with E-state index in [1.807, 2.05) is 47.0 Å². The van der Waals surface area contributed by atoms with Crippen molar-refractivity contribution >= 4 is 5.91 Å². The standard InChI is InChI=1S/C18H20N2O3/c1-19-9-3-7-15(19)18(21)20-10-4-6-14(20)13-5-2-8-16-17(13)23-12-11-22-16/h2-3,5,7-9,14H,4,6,10-12H2,1H3. The van der Waals surface area contributed by atoms with E-state index < -0.39 is 0 Å². The maximum atomic E-state index is 12.9. The van der Waals surface area contributed by atoms with Gasteiger partial charge in [-0.3, -0.25) is 4.79 Å². The van der Waals surface area contributed by atoms with Gasteiger partial charge in [-0.15, -0.1) is 0 Å². The third kappa shape index (κ3) is 2.36. The van der Waals surface area contributed by atoms with Crippen molar-refractivity contribution in [3.05, 3.63) is 47.8 Å². The summed E-state index contributed by atoms with van der Waals surface area (Å²) in [5.74, 6) is 1.66. The number of nitrogens with zero attached hydrogens (tertiary/aromatic N) is 2. The number of aryl methyl sites for hydroxylation is 1. The van der Waals surface area contributed by atoms with Gasteiger partial charge in [0.25, 0.3) is 5.91 Å². The lowest BCUT2D eigenvalue weighted by Crippen LogP contribution is -2.32. The fourth-order valence-corrected chi connectivity index (χ4v) is 3.52. The van der Waals surface area contributed by atoms with Crippen molar-refractivity contribution in [2.75, 3.05) is 19.8 Å². The van der Waals surface area contributed by atoms with Crippen molar-refractivity contribution in [1.29, 1.82) is 0 Å². The van der Waals surface area contributed by atoms with Gasteiger partial charge < -0.3 is 18.9 Å². The Morgan fingerprint density at radius 2 is 2.04 bits per heavy atom.